The third-order valence-corrected chi connectivity index (χ3v) is 2.87. The van der Waals surface area contributed by atoms with Crippen molar-refractivity contribution < 1.29 is 22.1 Å². The molecule has 1 unspecified atom stereocenters. The molecule has 0 heterocycles. The first-order valence-electron chi connectivity index (χ1n) is 6.47. The van der Waals surface area contributed by atoms with Gasteiger partial charge in [0, 0.05) is 0 Å². The monoisotopic (exact) mass is 315 g/mol. The van der Waals surface area contributed by atoms with Gasteiger partial charge in [0.2, 0.25) is 0 Å². The van der Waals surface area contributed by atoms with Gasteiger partial charge in [0.15, 0.2) is 0 Å². The minimum absolute atomic E-state index is 0.00794. The highest BCUT2D eigenvalue weighted by Gasteiger charge is 2.21. The van der Waals surface area contributed by atoms with E-state index in [9.17, 15) is 13.2 Å². The second kappa shape index (κ2) is 6.91. The van der Waals surface area contributed by atoms with Crippen molar-refractivity contribution in [2.24, 2.45) is 0 Å². The van der Waals surface area contributed by atoms with E-state index < -0.39 is 27.9 Å². The fourth-order valence-corrected chi connectivity index (χ4v) is 2.18. The number of hydrogen-bond acceptors (Lipinski definition) is 5. The van der Waals surface area contributed by atoms with Crippen LogP contribution < -0.4 is 5.32 Å². The van der Waals surface area contributed by atoms with Crippen molar-refractivity contribution in [3.8, 4) is 0 Å². The standard InChI is InChI=1S/C14H21NO5S/c1-14(2,3)19-13(16)15-10-12(20-21(4,17)18)11-8-6-5-7-9-11/h5-9,12H,10H2,1-4H3,(H,15,16). The smallest absolute Gasteiger partial charge is 0.407 e. The Kier molecular flexibility index (Phi) is 5.74. The van der Waals surface area contributed by atoms with Crippen molar-refractivity contribution in [1.29, 1.82) is 0 Å². The van der Waals surface area contributed by atoms with Gasteiger partial charge in [-0.3, -0.25) is 4.18 Å². The Balaban J connectivity index is 2.73. The van der Waals surface area contributed by atoms with Crippen LogP contribution in [-0.4, -0.2) is 32.9 Å². The molecule has 1 atom stereocenters. The summed E-state index contributed by atoms with van der Waals surface area (Å²) in [5.41, 5.74) is 0.0308. The maximum atomic E-state index is 11.6. The maximum absolute atomic E-state index is 11.6. The zero-order chi connectivity index (χ0) is 16.1. The minimum Gasteiger partial charge on any atom is -0.444 e. The molecular weight excluding hydrogens is 294 g/mol. The molecule has 0 radical (unpaired) electrons. The minimum atomic E-state index is -3.65. The lowest BCUT2D eigenvalue weighted by Gasteiger charge is -2.22. The summed E-state index contributed by atoms with van der Waals surface area (Å²) in [7, 11) is -3.65. The first-order valence-corrected chi connectivity index (χ1v) is 8.28. The van der Waals surface area contributed by atoms with Gasteiger partial charge < -0.3 is 10.1 Å². The predicted octanol–water partition coefficient (Wildman–Crippen LogP) is 2.23. The van der Waals surface area contributed by atoms with Crippen molar-refractivity contribution in [3.05, 3.63) is 35.9 Å². The molecule has 118 valence electrons. The van der Waals surface area contributed by atoms with Gasteiger partial charge in [-0.2, -0.15) is 8.42 Å². The molecule has 1 rings (SSSR count). The summed E-state index contributed by atoms with van der Waals surface area (Å²) in [6.45, 7) is 5.22. The summed E-state index contributed by atoms with van der Waals surface area (Å²) < 4.78 is 32.7. The van der Waals surface area contributed by atoms with Gasteiger partial charge in [-0.05, 0) is 26.3 Å². The fraction of sp³-hybridized carbons (Fsp3) is 0.500. The second-order valence-corrected chi connectivity index (χ2v) is 7.18. The number of carbonyl (C=O) groups excluding carboxylic acids is 1. The van der Waals surface area contributed by atoms with Gasteiger partial charge in [0.25, 0.3) is 10.1 Å². The lowest BCUT2D eigenvalue weighted by atomic mass is 10.1. The van der Waals surface area contributed by atoms with Crippen LogP contribution in [0.25, 0.3) is 0 Å². The van der Waals surface area contributed by atoms with E-state index in [1.165, 1.54) is 0 Å². The van der Waals surface area contributed by atoms with Crippen LogP contribution in [0.1, 0.15) is 32.4 Å². The fourth-order valence-electron chi connectivity index (χ4n) is 1.58. The lowest BCUT2D eigenvalue weighted by molar-refractivity contribution is 0.0502. The average molecular weight is 315 g/mol. The highest BCUT2D eigenvalue weighted by molar-refractivity contribution is 7.86. The molecule has 0 saturated carbocycles. The number of carbonyl (C=O) groups is 1. The summed E-state index contributed by atoms with van der Waals surface area (Å²) in [4.78, 5) is 11.6. The normalized spacial score (nSPS) is 13.5. The largest absolute Gasteiger partial charge is 0.444 e. The predicted molar refractivity (Wildman–Crippen MR) is 79.3 cm³/mol. The van der Waals surface area contributed by atoms with Gasteiger partial charge in [0.05, 0.1) is 12.8 Å². The molecule has 0 aliphatic carbocycles. The SMILES string of the molecule is CC(C)(C)OC(=O)NCC(OS(C)(=O)=O)c1ccccc1. The van der Waals surface area contributed by atoms with Crippen molar-refractivity contribution >= 4 is 16.2 Å². The molecule has 0 aromatic heterocycles. The zero-order valence-electron chi connectivity index (χ0n) is 12.6. The molecule has 1 aromatic rings. The summed E-state index contributed by atoms with van der Waals surface area (Å²) in [6.07, 6.45) is -0.453. The van der Waals surface area contributed by atoms with Crippen LogP contribution in [0.2, 0.25) is 0 Å². The molecular formula is C14H21NO5S. The van der Waals surface area contributed by atoms with Gasteiger partial charge in [-0.25, -0.2) is 4.79 Å². The van der Waals surface area contributed by atoms with Crippen LogP contribution in [0.4, 0.5) is 4.79 Å². The van der Waals surface area contributed by atoms with E-state index in [2.05, 4.69) is 5.32 Å². The molecule has 0 aliphatic heterocycles. The van der Waals surface area contributed by atoms with E-state index in [1.807, 2.05) is 6.07 Å². The topological polar surface area (TPSA) is 81.7 Å². The molecule has 1 amide bonds. The molecule has 1 N–H and O–H groups in total. The molecule has 0 spiro atoms. The number of ether oxygens (including phenoxy) is 1. The van der Waals surface area contributed by atoms with Gasteiger partial charge >= 0.3 is 6.09 Å². The van der Waals surface area contributed by atoms with Gasteiger partial charge in [-0.15, -0.1) is 0 Å². The summed E-state index contributed by atoms with van der Waals surface area (Å²) in [5.74, 6) is 0. The quantitative estimate of drug-likeness (QED) is 0.843. The molecule has 0 bridgehead atoms. The third-order valence-electron chi connectivity index (χ3n) is 2.29. The molecule has 1 aromatic carbocycles. The first-order chi connectivity index (χ1) is 9.57. The van der Waals surface area contributed by atoms with Crippen LogP contribution in [0.5, 0.6) is 0 Å². The van der Waals surface area contributed by atoms with E-state index >= 15 is 0 Å². The van der Waals surface area contributed by atoms with Crippen molar-refractivity contribution in [2.75, 3.05) is 12.8 Å². The number of benzene rings is 1. The number of alkyl carbamates (subject to hydrolysis) is 1. The Morgan fingerprint density at radius 1 is 1.24 bits per heavy atom. The Labute approximate surface area is 125 Å². The molecule has 6 nitrogen and oxygen atoms in total. The number of nitrogens with one attached hydrogen (secondary N) is 1. The number of rotatable bonds is 5. The number of amides is 1. The maximum Gasteiger partial charge on any atom is 0.407 e. The van der Waals surface area contributed by atoms with E-state index in [0.29, 0.717) is 5.56 Å². The van der Waals surface area contributed by atoms with Crippen LogP contribution >= 0.6 is 0 Å². The Morgan fingerprint density at radius 3 is 2.29 bits per heavy atom. The zero-order valence-corrected chi connectivity index (χ0v) is 13.4. The highest BCUT2D eigenvalue weighted by atomic mass is 32.2. The van der Waals surface area contributed by atoms with Crippen LogP contribution in [0.3, 0.4) is 0 Å². The van der Waals surface area contributed by atoms with Crippen LogP contribution in [-0.2, 0) is 19.0 Å². The molecule has 21 heavy (non-hydrogen) atoms. The Morgan fingerprint density at radius 2 is 1.81 bits per heavy atom. The molecule has 7 heteroatoms. The molecule has 0 aliphatic rings. The average Bonchev–Trinajstić information content (AvgIpc) is 2.32. The van der Waals surface area contributed by atoms with Crippen molar-refractivity contribution in [3.63, 3.8) is 0 Å². The summed E-state index contributed by atoms with van der Waals surface area (Å²) >= 11 is 0. The van der Waals surface area contributed by atoms with Gasteiger partial charge in [0.1, 0.15) is 11.7 Å². The third kappa shape index (κ3) is 7.67. The lowest BCUT2D eigenvalue weighted by Crippen LogP contribution is -2.35. The van der Waals surface area contributed by atoms with Crippen LogP contribution in [0, 0.1) is 0 Å². The van der Waals surface area contributed by atoms with Gasteiger partial charge in [-0.1, -0.05) is 30.3 Å². The second-order valence-electron chi connectivity index (χ2n) is 5.58. The van der Waals surface area contributed by atoms with Crippen molar-refractivity contribution in [1.82, 2.24) is 5.32 Å². The van der Waals surface area contributed by atoms with E-state index in [4.69, 9.17) is 8.92 Å². The van der Waals surface area contributed by atoms with Crippen LogP contribution in [0.15, 0.2) is 30.3 Å². The first kappa shape index (κ1) is 17.5. The Hall–Kier alpha value is -1.60. The summed E-state index contributed by atoms with van der Waals surface area (Å²) in [5, 5.41) is 2.51. The van der Waals surface area contributed by atoms with E-state index in [-0.39, 0.29) is 6.54 Å². The van der Waals surface area contributed by atoms with Crippen molar-refractivity contribution in [2.45, 2.75) is 32.5 Å². The molecule has 0 saturated heterocycles. The Bertz CT molecular complexity index is 563. The molecule has 0 fully saturated rings. The summed E-state index contributed by atoms with van der Waals surface area (Å²) in [6, 6.07) is 8.80. The van der Waals surface area contributed by atoms with E-state index in [1.54, 1.807) is 45.0 Å². The number of hydrogen-bond donors (Lipinski definition) is 1. The highest BCUT2D eigenvalue weighted by Crippen LogP contribution is 2.18. The van der Waals surface area contributed by atoms with E-state index in [0.717, 1.165) is 6.26 Å².